The highest BCUT2D eigenvalue weighted by Gasteiger charge is 2.21. The molecule has 4 nitrogen and oxygen atoms in total. The molecule has 0 spiro atoms. The van der Waals surface area contributed by atoms with Crippen molar-refractivity contribution in [3.8, 4) is 5.75 Å². The molecular formula is C10H10BrF2NO3. The van der Waals surface area contributed by atoms with Gasteiger partial charge in [-0.1, -0.05) is 28.1 Å². The predicted octanol–water partition coefficient (Wildman–Crippen LogP) is 3.52. The Morgan fingerprint density at radius 2 is 2.18 bits per heavy atom. The molecule has 1 aromatic rings. The van der Waals surface area contributed by atoms with Gasteiger partial charge in [0.1, 0.15) is 0 Å². The first kappa shape index (κ1) is 13.8. The molecule has 0 saturated heterocycles. The molecule has 0 N–H and O–H groups in total. The van der Waals surface area contributed by atoms with Crippen LogP contribution >= 0.6 is 15.9 Å². The van der Waals surface area contributed by atoms with Crippen molar-refractivity contribution in [3.05, 3.63) is 33.9 Å². The molecule has 0 aliphatic carbocycles. The Bertz CT molecular complexity index is 401. The van der Waals surface area contributed by atoms with Crippen LogP contribution < -0.4 is 4.74 Å². The maximum atomic E-state index is 12.2. The number of ether oxygens (including phenoxy) is 1. The molecule has 0 heterocycles. The summed E-state index contributed by atoms with van der Waals surface area (Å²) in [4.78, 5) is 9.97. The van der Waals surface area contributed by atoms with Crippen molar-refractivity contribution in [2.75, 3.05) is 5.33 Å². The fraction of sp³-hybridized carbons (Fsp3) is 0.400. The molecule has 1 rings (SSSR count). The third-order valence-electron chi connectivity index (χ3n) is 2.06. The molecule has 0 saturated carbocycles. The summed E-state index contributed by atoms with van der Waals surface area (Å²) in [5, 5.41) is 11.4. The Kier molecular flexibility index (Phi) is 5.27. The summed E-state index contributed by atoms with van der Waals surface area (Å²) in [6.45, 7) is -3.07. The topological polar surface area (TPSA) is 52.4 Å². The van der Waals surface area contributed by atoms with E-state index in [0.717, 1.165) is 6.07 Å². The van der Waals surface area contributed by atoms with E-state index in [0.29, 0.717) is 23.7 Å². The van der Waals surface area contributed by atoms with Gasteiger partial charge in [-0.25, -0.2) is 0 Å². The molecule has 0 unspecified atom stereocenters. The Morgan fingerprint density at radius 1 is 1.47 bits per heavy atom. The maximum absolute atomic E-state index is 12.2. The smallest absolute Gasteiger partial charge is 0.387 e. The van der Waals surface area contributed by atoms with E-state index >= 15 is 0 Å². The number of alkyl halides is 3. The van der Waals surface area contributed by atoms with E-state index in [1.165, 1.54) is 6.07 Å². The summed E-state index contributed by atoms with van der Waals surface area (Å²) < 4.78 is 28.7. The van der Waals surface area contributed by atoms with E-state index < -0.39 is 17.2 Å². The summed E-state index contributed by atoms with van der Waals surface area (Å²) in [6.07, 6.45) is 1.12. The highest BCUT2D eigenvalue weighted by atomic mass is 79.9. The first-order valence-electron chi connectivity index (χ1n) is 4.83. The van der Waals surface area contributed by atoms with Crippen LogP contribution in [0.3, 0.4) is 0 Å². The van der Waals surface area contributed by atoms with Gasteiger partial charge in [0.2, 0.25) is 5.75 Å². The van der Waals surface area contributed by atoms with Crippen molar-refractivity contribution in [1.82, 2.24) is 0 Å². The maximum Gasteiger partial charge on any atom is 0.387 e. The Morgan fingerprint density at radius 3 is 2.71 bits per heavy atom. The minimum Gasteiger partial charge on any atom is -0.427 e. The molecule has 0 bridgehead atoms. The van der Waals surface area contributed by atoms with Gasteiger partial charge in [-0.15, -0.1) is 0 Å². The van der Waals surface area contributed by atoms with E-state index in [9.17, 15) is 18.9 Å². The third-order valence-corrected chi connectivity index (χ3v) is 2.62. The quantitative estimate of drug-likeness (QED) is 0.459. The lowest BCUT2D eigenvalue weighted by molar-refractivity contribution is -0.386. The molecule has 94 valence electrons. The summed E-state index contributed by atoms with van der Waals surface area (Å²) >= 11 is 3.21. The van der Waals surface area contributed by atoms with Crippen LogP contribution in [0.5, 0.6) is 5.75 Å². The fourth-order valence-electron chi connectivity index (χ4n) is 1.39. The van der Waals surface area contributed by atoms with Crippen LogP contribution in [0, 0.1) is 10.1 Å². The van der Waals surface area contributed by atoms with Crippen molar-refractivity contribution in [2.24, 2.45) is 0 Å². The van der Waals surface area contributed by atoms with Gasteiger partial charge in [0.05, 0.1) is 4.92 Å². The van der Waals surface area contributed by atoms with E-state index in [-0.39, 0.29) is 5.75 Å². The zero-order valence-corrected chi connectivity index (χ0v) is 10.3. The molecule has 0 aromatic heterocycles. The second kappa shape index (κ2) is 6.48. The lowest BCUT2D eigenvalue weighted by atomic mass is 10.1. The monoisotopic (exact) mass is 309 g/mol. The number of nitro groups is 1. The van der Waals surface area contributed by atoms with Crippen LogP contribution in [0.4, 0.5) is 14.5 Å². The minimum absolute atomic E-state index is 0.339. The standard InChI is InChI=1S/C10H10BrF2NO3/c11-6-2-4-7-3-1-5-8(14(15)16)9(7)17-10(12)13/h1,3,5,10H,2,4,6H2. The fourth-order valence-corrected chi connectivity index (χ4v) is 1.67. The highest BCUT2D eigenvalue weighted by molar-refractivity contribution is 9.09. The summed E-state index contributed by atoms with van der Waals surface area (Å²) in [6, 6.07) is 4.16. The third kappa shape index (κ3) is 3.92. The van der Waals surface area contributed by atoms with Crippen molar-refractivity contribution >= 4 is 21.6 Å². The zero-order valence-electron chi connectivity index (χ0n) is 8.74. The molecule has 7 heteroatoms. The van der Waals surface area contributed by atoms with Crippen LogP contribution in [0.2, 0.25) is 0 Å². The SMILES string of the molecule is O=[N+]([O-])c1cccc(CCCBr)c1OC(F)F. The van der Waals surface area contributed by atoms with Gasteiger partial charge in [0, 0.05) is 17.0 Å². The average molecular weight is 310 g/mol. The first-order valence-corrected chi connectivity index (χ1v) is 5.95. The van der Waals surface area contributed by atoms with Gasteiger partial charge >= 0.3 is 12.3 Å². The van der Waals surface area contributed by atoms with Gasteiger partial charge in [0.15, 0.2) is 0 Å². The van der Waals surface area contributed by atoms with E-state index in [4.69, 9.17) is 0 Å². The lowest BCUT2D eigenvalue weighted by Crippen LogP contribution is -2.07. The van der Waals surface area contributed by atoms with Crippen molar-refractivity contribution in [3.63, 3.8) is 0 Å². The molecule has 0 amide bonds. The number of para-hydroxylation sites is 1. The first-order chi connectivity index (χ1) is 8.06. The molecule has 0 fully saturated rings. The molecular weight excluding hydrogens is 300 g/mol. The van der Waals surface area contributed by atoms with Gasteiger partial charge in [-0.05, 0) is 12.8 Å². The van der Waals surface area contributed by atoms with Crippen LogP contribution in [-0.2, 0) is 6.42 Å². The van der Waals surface area contributed by atoms with Crippen molar-refractivity contribution < 1.29 is 18.4 Å². The lowest BCUT2D eigenvalue weighted by Gasteiger charge is -2.10. The number of hydrogen-bond acceptors (Lipinski definition) is 3. The molecule has 17 heavy (non-hydrogen) atoms. The summed E-state index contributed by atoms with van der Waals surface area (Å²) in [5.74, 6) is -0.339. The second-order valence-corrected chi connectivity index (χ2v) is 3.99. The average Bonchev–Trinajstić information content (AvgIpc) is 2.26. The molecule has 0 aliphatic heterocycles. The Hall–Kier alpha value is -1.24. The van der Waals surface area contributed by atoms with Crippen LogP contribution in [0.15, 0.2) is 18.2 Å². The summed E-state index contributed by atoms with van der Waals surface area (Å²) in [5.41, 5.74) is -0.0173. The highest BCUT2D eigenvalue weighted by Crippen LogP contribution is 2.33. The van der Waals surface area contributed by atoms with Crippen LogP contribution in [0.25, 0.3) is 0 Å². The van der Waals surface area contributed by atoms with Crippen LogP contribution in [0.1, 0.15) is 12.0 Å². The van der Waals surface area contributed by atoms with E-state index in [2.05, 4.69) is 20.7 Å². The number of nitro benzene ring substituents is 1. The predicted molar refractivity (Wildman–Crippen MR) is 61.8 cm³/mol. The largest absolute Gasteiger partial charge is 0.427 e. The normalized spacial score (nSPS) is 10.6. The Balaban J connectivity index is 3.09. The Labute approximate surface area is 105 Å². The van der Waals surface area contributed by atoms with E-state index in [1.54, 1.807) is 6.07 Å². The van der Waals surface area contributed by atoms with E-state index in [1.807, 2.05) is 0 Å². The number of aryl methyl sites for hydroxylation is 1. The summed E-state index contributed by atoms with van der Waals surface area (Å²) in [7, 11) is 0. The van der Waals surface area contributed by atoms with Crippen molar-refractivity contribution in [1.29, 1.82) is 0 Å². The van der Waals surface area contributed by atoms with Crippen molar-refractivity contribution in [2.45, 2.75) is 19.5 Å². The molecule has 0 aliphatic rings. The number of rotatable bonds is 6. The number of hydrogen-bond donors (Lipinski definition) is 0. The van der Waals surface area contributed by atoms with Gasteiger partial charge < -0.3 is 4.74 Å². The van der Waals surface area contributed by atoms with Gasteiger partial charge in [-0.2, -0.15) is 8.78 Å². The number of nitrogens with zero attached hydrogens (tertiary/aromatic N) is 1. The zero-order chi connectivity index (χ0) is 12.8. The van der Waals surface area contributed by atoms with Crippen LogP contribution in [-0.4, -0.2) is 16.9 Å². The minimum atomic E-state index is -3.07. The molecule has 0 atom stereocenters. The molecule has 0 radical (unpaired) electrons. The number of halogens is 3. The number of benzene rings is 1. The van der Waals surface area contributed by atoms with Gasteiger partial charge in [-0.3, -0.25) is 10.1 Å². The second-order valence-electron chi connectivity index (χ2n) is 3.19. The molecule has 1 aromatic carbocycles. The van der Waals surface area contributed by atoms with Gasteiger partial charge in [0.25, 0.3) is 0 Å².